The van der Waals surface area contributed by atoms with Gasteiger partial charge >= 0.3 is 0 Å². The molecule has 14 aromatic rings. The molecule has 1 aliphatic rings. The minimum atomic E-state index is -0.145. The van der Waals surface area contributed by atoms with Crippen LogP contribution in [0, 0.1) is 0 Å². The number of hydrogen-bond donors (Lipinski definition) is 0. The number of para-hydroxylation sites is 2. The molecule has 0 N–H and O–H groups in total. The van der Waals surface area contributed by atoms with Crippen LogP contribution >= 0.6 is 11.3 Å². The normalized spacial score (nSPS) is 13.8. The number of hydrogen-bond acceptors (Lipinski definition) is 3. The smallest absolute Gasteiger partial charge is 0.235 e. The maximum atomic E-state index is 5.74. The van der Waals surface area contributed by atoms with Gasteiger partial charge in [0.2, 0.25) is 5.95 Å². The van der Waals surface area contributed by atoms with E-state index in [9.17, 15) is 0 Å². The first-order valence-corrected chi connectivity index (χ1v) is 22.2. The van der Waals surface area contributed by atoms with Crippen LogP contribution in [-0.2, 0) is 5.41 Å². The first-order valence-electron chi connectivity index (χ1n) is 21.4. The van der Waals surface area contributed by atoms with E-state index in [2.05, 4.69) is 193 Å². The summed E-state index contributed by atoms with van der Waals surface area (Å²) in [4.78, 5) is 11.4. The molecule has 0 bridgehead atoms. The van der Waals surface area contributed by atoms with Gasteiger partial charge in [-0.15, -0.1) is 11.3 Å². The van der Waals surface area contributed by atoms with Gasteiger partial charge in [0, 0.05) is 68.9 Å². The maximum absolute atomic E-state index is 5.74. The molecule has 5 aromatic heterocycles. The van der Waals surface area contributed by atoms with E-state index in [4.69, 9.17) is 9.97 Å². The van der Waals surface area contributed by atoms with Gasteiger partial charge in [0.15, 0.2) is 0 Å². The third kappa shape index (κ3) is 3.98. The Morgan fingerprint density at radius 1 is 0.452 bits per heavy atom. The first-order chi connectivity index (χ1) is 30.5. The van der Waals surface area contributed by atoms with E-state index in [1.165, 1.54) is 91.3 Å². The quantitative estimate of drug-likeness (QED) is 0.163. The van der Waals surface area contributed by atoms with E-state index in [1.807, 2.05) is 11.3 Å². The summed E-state index contributed by atoms with van der Waals surface area (Å²) in [6.45, 7) is 4.70. The largest absolute Gasteiger partial charge is 0.307 e. The average molecular weight is 807 g/mol. The monoisotopic (exact) mass is 806 g/mol. The van der Waals surface area contributed by atoms with Gasteiger partial charge in [0.25, 0.3) is 0 Å². The van der Waals surface area contributed by atoms with E-state index in [0.717, 1.165) is 44.0 Å². The van der Waals surface area contributed by atoms with E-state index in [0.29, 0.717) is 5.95 Å². The zero-order chi connectivity index (χ0) is 40.6. The number of aromatic nitrogens is 4. The summed E-state index contributed by atoms with van der Waals surface area (Å²) in [7, 11) is 0. The molecule has 0 unspecified atom stereocenters. The highest BCUT2D eigenvalue weighted by molar-refractivity contribution is 7.26. The molecule has 0 amide bonds. The number of benzene rings is 9. The first kappa shape index (κ1) is 33.2. The molecule has 0 fully saturated rings. The van der Waals surface area contributed by atoms with Crippen molar-refractivity contribution in [2.24, 2.45) is 0 Å². The fraction of sp³-hybridized carbons (Fsp3) is 0.0526. The average Bonchev–Trinajstić information content (AvgIpc) is 4.00. The summed E-state index contributed by atoms with van der Waals surface area (Å²) >= 11 is 1.87. The molecule has 15 rings (SSSR count). The van der Waals surface area contributed by atoms with Crippen LogP contribution in [0.1, 0.15) is 25.0 Å². The number of rotatable bonds is 2. The molecule has 0 radical (unpaired) electrons. The SMILES string of the molecule is CC1(C)c2ccccc2-c2ccc(-c3nc(-n4c5cccc6c7cccc8c9ccccc9n(c78)c7c8c(cc4c7c65)sc4ccccc48)nc4c3ccc3ccccc34)cc21. The second kappa shape index (κ2) is 11.4. The van der Waals surface area contributed by atoms with Crippen LogP contribution in [0.4, 0.5) is 0 Å². The van der Waals surface area contributed by atoms with Gasteiger partial charge in [-0.25, -0.2) is 9.97 Å². The molecule has 5 heterocycles. The standard InChI is InChI=1S/C57H34N4S/c1-57(2)42-21-8-5-15-34(42)35-27-26-32(29-43(35)57)52-41-28-25-31-13-3-4-14-33(31)53(41)59-56(58-52)60-45-23-12-18-37-39-20-11-19-38-36-16-6-9-22-44(36)61(54(38)39)55-50-40-17-7-10-24-47(40)62-48(50)30-46(60)51(55)49(37)45/h3-30H,1-2H3. The molecule has 0 aliphatic heterocycles. The predicted molar refractivity (Wildman–Crippen MR) is 262 cm³/mol. The molecular weight excluding hydrogens is 773 g/mol. The summed E-state index contributed by atoms with van der Waals surface area (Å²) in [6.07, 6.45) is 0. The highest BCUT2D eigenvalue weighted by Crippen LogP contribution is 2.51. The van der Waals surface area contributed by atoms with Crippen molar-refractivity contribution in [2.75, 3.05) is 0 Å². The van der Waals surface area contributed by atoms with Crippen LogP contribution < -0.4 is 0 Å². The molecule has 5 heteroatoms. The summed E-state index contributed by atoms with van der Waals surface area (Å²) < 4.78 is 7.48. The van der Waals surface area contributed by atoms with Crippen molar-refractivity contribution in [1.29, 1.82) is 0 Å². The van der Waals surface area contributed by atoms with Crippen LogP contribution in [0.2, 0.25) is 0 Å². The Balaban J connectivity index is 1.15. The van der Waals surface area contributed by atoms with Crippen molar-refractivity contribution in [3.63, 3.8) is 0 Å². The van der Waals surface area contributed by atoms with Crippen LogP contribution in [0.25, 0.3) is 130 Å². The molecule has 0 atom stereocenters. The molecule has 62 heavy (non-hydrogen) atoms. The van der Waals surface area contributed by atoms with Crippen molar-refractivity contribution >= 4 is 113 Å². The fourth-order valence-corrected chi connectivity index (χ4v) is 12.7. The van der Waals surface area contributed by atoms with Crippen molar-refractivity contribution < 1.29 is 0 Å². The molecule has 4 nitrogen and oxygen atoms in total. The Kier molecular flexibility index (Phi) is 6.10. The van der Waals surface area contributed by atoms with Crippen LogP contribution in [-0.4, -0.2) is 18.9 Å². The molecule has 0 saturated carbocycles. The lowest BCUT2D eigenvalue weighted by atomic mass is 9.82. The van der Waals surface area contributed by atoms with E-state index < -0.39 is 0 Å². The Morgan fingerprint density at radius 3 is 2.08 bits per heavy atom. The summed E-state index contributed by atoms with van der Waals surface area (Å²) in [6, 6.07) is 62.9. The third-order valence-electron chi connectivity index (χ3n) is 14.2. The predicted octanol–water partition coefficient (Wildman–Crippen LogP) is 15.4. The number of nitrogens with zero attached hydrogens (tertiary/aromatic N) is 4. The van der Waals surface area contributed by atoms with Crippen molar-refractivity contribution in [1.82, 2.24) is 18.9 Å². The van der Waals surface area contributed by atoms with Gasteiger partial charge in [-0.05, 0) is 69.4 Å². The third-order valence-corrected chi connectivity index (χ3v) is 15.4. The number of fused-ring (bicyclic) bond motifs is 15. The fourth-order valence-electron chi connectivity index (χ4n) is 11.5. The second-order valence-corrected chi connectivity index (χ2v) is 18.7. The van der Waals surface area contributed by atoms with E-state index in [-0.39, 0.29) is 5.41 Å². The van der Waals surface area contributed by atoms with Crippen LogP contribution in [0.3, 0.4) is 0 Å². The Hall–Kier alpha value is -7.60. The molecular formula is C57H34N4S. The zero-order valence-corrected chi connectivity index (χ0v) is 34.7. The number of thiophene rings is 1. The summed E-state index contributed by atoms with van der Waals surface area (Å²) in [5.41, 5.74) is 14.1. The molecule has 0 saturated heterocycles. The van der Waals surface area contributed by atoms with Crippen molar-refractivity contribution in [3.05, 3.63) is 181 Å². The second-order valence-electron chi connectivity index (χ2n) is 17.7. The van der Waals surface area contributed by atoms with Gasteiger partial charge in [0.05, 0.1) is 38.8 Å². The van der Waals surface area contributed by atoms with Crippen LogP contribution in [0.15, 0.2) is 170 Å². The highest BCUT2D eigenvalue weighted by atomic mass is 32.1. The maximum Gasteiger partial charge on any atom is 0.235 e. The van der Waals surface area contributed by atoms with E-state index in [1.54, 1.807) is 0 Å². The van der Waals surface area contributed by atoms with Crippen LogP contribution in [0.5, 0.6) is 0 Å². The Labute approximate surface area is 358 Å². The lowest BCUT2D eigenvalue weighted by Crippen LogP contribution is -2.15. The van der Waals surface area contributed by atoms with Gasteiger partial charge < -0.3 is 4.40 Å². The molecule has 0 spiro atoms. The zero-order valence-electron chi connectivity index (χ0n) is 33.9. The van der Waals surface area contributed by atoms with Gasteiger partial charge in [-0.1, -0.05) is 147 Å². The minimum absolute atomic E-state index is 0.145. The molecule has 1 aliphatic carbocycles. The van der Waals surface area contributed by atoms with Gasteiger partial charge in [0.1, 0.15) is 0 Å². The van der Waals surface area contributed by atoms with Crippen molar-refractivity contribution in [3.8, 4) is 28.3 Å². The Morgan fingerprint density at radius 2 is 1.16 bits per heavy atom. The summed E-state index contributed by atoms with van der Waals surface area (Å²) in [5.74, 6) is 0.673. The van der Waals surface area contributed by atoms with Gasteiger partial charge in [-0.2, -0.15) is 0 Å². The molecule has 9 aromatic carbocycles. The topological polar surface area (TPSA) is 35.1 Å². The summed E-state index contributed by atoms with van der Waals surface area (Å²) in [5, 5.41) is 13.4. The molecule has 288 valence electrons. The van der Waals surface area contributed by atoms with E-state index >= 15 is 0 Å². The van der Waals surface area contributed by atoms with Gasteiger partial charge in [-0.3, -0.25) is 4.57 Å². The van der Waals surface area contributed by atoms with Crippen molar-refractivity contribution in [2.45, 2.75) is 19.3 Å². The highest BCUT2D eigenvalue weighted by Gasteiger charge is 2.36. The lowest BCUT2D eigenvalue weighted by Gasteiger charge is -2.22. The Bertz CT molecular complexity index is 4310. The minimum Gasteiger partial charge on any atom is -0.307 e. The lowest BCUT2D eigenvalue weighted by molar-refractivity contribution is 0.660.